The Hall–Kier alpha value is -2.71. The van der Waals surface area contributed by atoms with E-state index in [1.807, 2.05) is 32.0 Å². The molecule has 1 amide bonds. The molecule has 0 saturated carbocycles. The van der Waals surface area contributed by atoms with Crippen molar-refractivity contribution < 1.29 is 22.7 Å². The molecule has 0 radical (unpaired) electrons. The maximum absolute atomic E-state index is 13.0. The van der Waals surface area contributed by atoms with Crippen LogP contribution in [0, 0.1) is 13.8 Å². The summed E-state index contributed by atoms with van der Waals surface area (Å²) >= 11 is 0. The summed E-state index contributed by atoms with van der Waals surface area (Å²) in [4.78, 5) is 24.7. The SMILES string of the molecule is Cc1ccc(C)c(NC(=O)COC(=O)c2cccc(S(=O)(=O)N3CCCCCC3)c2)c1. The molecule has 31 heavy (non-hydrogen) atoms. The van der Waals surface area contributed by atoms with Gasteiger partial charge in [0.15, 0.2) is 6.61 Å². The molecule has 8 heteroatoms. The maximum atomic E-state index is 13.0. The highest BCUT2D eigenvalue weighted by molar-refractivity contribution is 7.89. The summed E-state index contributed by atoms with van der Waals surface area (Å²) in [6.07, 6.45) is 3.69. The summed E-state index contributed by atoms with van der Waals surface area (Å²) < 4.78 is 32.5. The number of hydrogen-bond acceptors (Lipinski definition) is 5. The fourth-order valence-electron chi connectivity index (χ4n) is 3.49. The lowest BCUT2D eigenvalue weighted by atomic mass is 10.1. The summed E-state index contributed by atoms with van der Waals surface area (Å²) in [5, 5.41) is 2.72. The van der Waals surface area contributed by atoms with Gasteiger partial charge in [0.25, 0.3) is 5.91 Å². The van der Waals surface area contributed by atoms with Gasteiger partial charge in [-0.1, -0.05) is 31.0 Å². The summed E-state index contributed by atoms with van der Waals surface area (Å²) in [5.74, 6) is -1.21. The van der Waals surface area contributed by atoms with Crippen LogP contribution in [0.2, 0.25) is 0 Å². The highest BCUT2D eigenvalue weighted by atomic mass is 32.2. The number of benzene rings is 2. The third-order valence-corrected chi connectivity index (χ3v) is 7.17. The molecule has 7 nitrogen and oxygen atoms in total. The van der Waals surface area contributed by atoms with Crippen LogP contribution >= 0.6 is 0 Å². The number of esters is 1. The normalized spacial score (nSPS) is 15.2. The van der Waals surface area contributed by atoms with E-state index in [1.54, 1.807) is 0 Å². The molecular weight excluding hydrogens is 416 g/mol. The van der Waals surface area contributed by atoms with Crippen LogP contribution in [-0.2, 0) is 19.6 Å². The third kappa shape index (κ3) is 5.92. The number of rotatable bonds is 6. The molecule has 1 N–H and O–H groups in total. The lowest BCUT2D eigenvalue weighted by molar-refractivity contribution is -0.119. The van der Waals surface area contributed by atoms with E-state index in [-0.39, 0.29) is 10.5 Å². The fourth-order valence-corrected chi connectivity index (χ4v) is 5.05. The van der Waals surface area contributed by atoms with Gasteiger partial charge >= 0.3 is 5.97 Å². The second-order valence-electron chi connectivity index (χ2n) is 7.79. The van der Waals surface area contributed by atoms with Gasteiger partial charge in [0.1, 0.15) is 0 Å². The molecule has 0 spiro atoms. The molecule has 0 aliphatic carbocycles. The van der Waals surface area contributed by atoms with Crippen molar-refractivity contribution in [2.45, 2.75) is 44.4 Å². The van der Waals surface area contributed by atoms with Gasteiger partial charge in [0.2, 0.25) is 10.0 Å². The van der Waals surface area contributed by atoms with Crippen LogP contribution in [-0.4, -0.2) is 44.3 Å². The quantitative estimate of drug-likeness (QED) is 0.687. The summed E-state index contributed by atoms with van der Waals surface area (Å²) in [5.41, 5.74) is 2.65. The number of hydrogen-bond donors (Lipinski definition) is 1. The van der Waals surface area contributed by atoms with Crippen molar-refractivity contribution in [3.63, 3.8) is 0 Å². The van der Waals surface area contributed by atoms with E-state index in [1.165, 1.54) is 28.6 Å². The van der Waals surface area contributed by atoms with E-state index >= 15 is 0 Å². The van der Waals surface area contributed by atoms with Gasteiger partial charge in [0, 0.05) is 18.8 Å². The minimum absolute atomic E-state index is 0.0590. The largest absolute Gasteiger partial charge is 0.452 e. The molecule has 2 aromatic rings. The summed E-state index contributed by atoms with van der Waals surface area (Å²) in [6, 6.07) is 11.5. The predicted octanol–water partition coefficient (Wildman–Crippen LogP) is 3.66. The van der Waals surface area contributed by atoms with Crippen molar-refractivity contribution in [3.05, 3.63) is 59.2 Å². The second kappa shape index (κ2) is 10.1. The first-order valence-electron chi connectivity index (χ1n) is 10.4. The van der Waals surface area contributed by atoms with Crippen LogP contribution < -0.4 is 5.32 Å². The summed E-state index contributed by atoms with van der Waals surface area (Å²) in [6.45, 7) is 4.29. The Kier molecular flexibility index (Phi) is 7.46. The fraction of sp³-hybridized carbons (Fsp3) is 0.391. The van der Waals surface area contributed by atoms with Crippen LogP contribution in [0.15, 0.2) is 47.4 Å². The molecule has 0 atom stereocenters. The number of nitrogens with zero attached hydrogens (tertiary/aromatic N) is 1. The number of aryl methyl sites for hydroxylation is 2. The number of nitrogens with one attached hydrogen (secondary N) is 1. The number of carbonyl (C=O) groups is 2. The zero-order chi connectivity index (χ0) is 22.4. The second-order valence-corrected chi connectivity index (χ2v) is 9.73. The van der Waals surface area contributed by atoms with Gasteiger partial charge in [0.05, 0.1) is 10.5 Å². The Morgan fingerprint density at radius 2 is 1.71 bits per heavy atom. The molecule has 166 valence electrons. The zero-order valence-corrected chi connectivity index (χ0v) is 18.7. The Labute approximate surface area is 183 Å². The first-order chi connectivity index (χ1) is 14.8. The van der Waals surface area contributed by atoms with E-state index in [9.17, 15) is 18.0 Å². The van der Waals surface area contributed by atoms with Crippen molar-refractivity contribution in [1.82, 2.24) is 4.31 Å². The average Bonchev–Trinajstić information content (AvgIpc) is 3.05. The summed E-state index contributed by atoms with van der Waals surface area (Å²) in [7, 11) is -3.68. The van der Waals surface area contributed by atoms with Gasteiger partial charge in [-0.15, -0.1) is 0 Å². The number of amides is 1. The highest BCUT2D eigenvalue weighted by Gasteiger charge is 2.26. The first-order valence-corrected chi connectivity index (χ1v) is 11.9. The first kappa shape index (κ1) is 23.0. The molecule has 1 heterocycles. The lowest BCUT2D eigenvalue weighted by Crippen LogP contribution is -2.32. The van der Waals surface area contributed by atoms with Crippen molar-refractivity contribution in [2.75, 3.05) is 25.0 Å². The van der Waals surface area contributed by atoms with E-state index < -0.39 is 28.5 Å². The molecule has 1 saturated heterocycles. The van der Waals surface area contributed by atoms with E-state index in [4.69, 9.17) is 4.74 Å². The Morgan fingerprint density at radius 3 is 2.42 bits per heavy atom. The van der Waals surface area contributed by atoms with Gasteiger partial charge < -0.3 is 10.1 Å². The monoisotopic (exact) mass is 444 g/mol. The minimum Gasteiger partial charge on any atom is -0.452 e. The Bertz CT molecular complexity index is 1060. The standard InChI is InChI=1S/C23H28N2O5S/c1-17-10-11-18(2)21(14-17)24-22(26)16-30-23(27)19-8-7-9-20(15-19)31(28,29)25-12-5-3-4-6-13-25/h7-11,14-15H,3-6,12-13,16H2,1-2H3,(H,24,26). The maximum Gasteiger partial charge on any atom is 0.338 e. The number of anilines is 1. The average molecular weight is 445 g/mol. The van der Waals surface area contributed by atoms with Gasteiger partial charge in [-0.2, -0.15) is 4.31 Å². The molecule has 3 rings (SSSR count). The van der Waals surface area contributed by atoms with Crippen molar-refractivity contribution >= 4 is 27.6 Å². The van der Waals surface area contributed by atoms with E-state index in [0.29, 0.717) is 18.8 Å². The third-order valence-electron chi connectivity index (χ3n) is 5.27. The van der Waals surface area contributed by atoms with Crippen LogP contribution in [0.4, 0.5) is 5.69 Å². The van der Waals surface area contributed by atoms with Gasteiger partial charge in [-0.3, -0.25) is 4.79 Å². The molecule has 1 aliphatic heterocycles. The van der Waals surface area contributed by atoms with E-state index in [2.05, 4.69) is 5.32 Å². The molecule has 2 aromatic carbocycles. The van der Waals surface area contributed by atoms with Crippen LogP contribution in [0.5, 0.6) is 0 Å². The topological polar surface area (TPSA) is 92.8 Å². The zero-order valence-electron chi connectivity index (χ0n) is 17.9. The van der Waals surface area contributed by atoms with Crippen molar-refractivity contribution in [3.8, 4) is 0 Å². The molecule has 1 fully saturated rings. The molecular formula is C23H28N2O5S. The molecule has 0 unspecified atom stereocenters. The van der Waals surface area contributed by atoms with Gasteiger partial charge in [-0.05, 0) is 62.1 Å². The van der Waals surface area contributed by atoms with Crippen molar-refractivity contribution in [2.24, 2.45) is 0 Å². The Morgan fingerprint density at radius 1 is 1.00 bits per heavy atom. The highest BCUT2D eigenvalue weighted by Crippen LogP contribution is 2.21. The number of ether oxygens (including phenoxy) is 1. The molecule has 0 bridgehead atoms. The molecule has 1 aliphatic rings. The van der Waals surface area contributed by atoms with Crippen molar-refractivity contribution in [1.29, 1.82) is 0 Å². The smallest absolute Gasteiger partial charge is 0.338 e. The Balaban J connectivity index is 1.64. The van der Waals surface area contributed by atoms with Crippen LogP contribution in [0.3, 0.4) is 0 Å². The minimum atomic E-state index is -3.68. The van der Waals surface area contributed by atoms with Crippen LogP contribution in [0.25, 0.3) is 0 Å². The number of sulfonamides is 1. The number of carbonyl (C=O) groups excluding carboxylic acids is 2. The van der Waals surface area contributed by atoms with Gasteiger partial charge in [-0.25, -0.2) is 13.2 Å². The van der Waals surface area contributed by atoms with Crippen LogP contribution in [0.1, 0.15) is 47.2 Å². The molecule has 0 aromatic heterocycles. The predicted molar refractivity (Wildman–Crippen MR) is 118 cm³/mol. The lowest BCUT2D eigenvalue weighted by Gasteiger charge is -2.20. The van der Waals surface area contributed by atoms with E-state index in [0.717, 1.165) is 36.8 Å².